The lowest BCUT2D eigenvalue weighted by atomic mass is 9.57. The fourth-order valence-electron chi connectivity index (χ4n) is 5.64. The van der Waals surface area contributed by atoms with Crippen LogP contribution in [0.1, 0.15) is 30.0 Å². The number of rotatable bonds is 3. The highest BCUT2D eigenvalue weighted by molar-refractivity contribution is 6.24. The van der Waals surface area contributed by atoms with Crippen molar-refractivity contribution in [1.29, 1.82) is 0 Å². The zero-order valence-corrected chi connectivity index (χ0v) is 18.0. The number of primary amides is 1. The summed E-state index contributed by atoms with van der Waals surface area (Å²) in [7, 11) is 3.14. The van der Waals surface area contributed by atoms with E-state index in [0.29, 0.717) is 18.4 Å². The fraction of sp³-hybridized carbons (Fsp3) is 0.435. The number of Topliss-reactive ketones (excluding diaryl/α,β-unsaturated/α-hetero) is 2. The molecule has 4 rings (SSSR count). The number of likely N-dealkylation sites (N-methyl/N-ethyl adjacent to an activating group) is 1. The zero-order chi connectivity index (χ0) is 23.7. The average Bonchev–Trinajstić information content (AvgIpc) is 2.70. The smallest absolute Gasteiger partial charge is 0.255 e. The van der Waals surface area contributed by atoms with E-state index in [9.17, 15) is 34.8 Å². The van der Waals surface area contributed by atoms with Gasteiger partial charge in [0.25, 0.3) is 5.91 Å². The first-order valence-corrected chi connectivity index (χ1v) is 10.4. The molecule has 0 saturated heterocycles. The minimum atomic E-state index is -2.61. The van der Waals surface area contributed by atoms with Gasteiger partial charge in [0.05, 0.1) is 11.6 Å². The van der Waals surface area contributed by atoms with Gasteiger partial charge in [-0.1, -0.05) is 13.0 Å². The number of fused-ring (bicyclic) bond motifs is 3. The molecule has 6 N–H and O–H groups in total. The Hall–Kier alpha value is -3.17. The van der Waals surface area contributed by atoms with Crippen LogP contribution in [0.15, 0.2) is 29.0 Å². The molecule has 4 atom stereocenters. The Kier molecular flexibility index (Phi) is 4.94. The Morgan fingerprint density at radius 1 is 1.22 bits per heavy atom. The van der Waals surface area contributed by atoms with Crippen LogP contribution < -0.4 is 5.73 Å². The predicted molar refractivity (Wildman–Crippen MR) is 114 cm³/mol. The van der Waals surface area contributed by atoms with Crippen molar-refractivity contribution < 1.29 is 34.8 Å². The summed E-state index contributed by atoms with van der Waals surface area (Å²) in [6, 6.07) is 2.11. The average molecular weight is 442 g/mol. The number of phenolic OH excluding ortho intramolecular Hbond substituents is 1. The first kappa shape index (κ1) is 22.0. The molecule has 0 spiro atoms. The van der Waals surface area contributed by atoms with Crippen LogP contribution in [-0.4, -0.2) is 68.5 Å². The van der Waals surface area contributed by atoms with E-state index in [2.05, 4.69) is 0 Å². The molecule has 9 nitrogen and oxygen atoms in total. The lowest BCUT2D eigenvalue weighted by Gasteiger charge is -2.50. The first-order chi connectivity index (χ1) is 15.0. The number of phenols is 1. The van der Waals surface area contributed by atoms with E-state index < -0.39 is 58.0 Å². The summed E-state index contributed by atoms with van der Waals surface area (Å²) in [4.78, 5) is 40.1. The number of amides is 1. The summed E-state index contributed by atoms with van der Waals surface area (Å²) in [6.07, 6.45) is 1.04. The molecule has 0 aromatic heterocycles. The van der Waals surface area contributed by atoms with Gasteiger partial charge < -0.3 is 26.2 Å². The molecule has 1 saturated carbocycles. The molecule has 3 aliphatic rings. The quantitative estimate of drug-likeness (QED) is 0.424. The van der Waals surface area contributed by atoms with Crippen LogP contribution in [0.5, 0.6) is 5.75 Å². The van der Waals surface area contributed by atoms with Gasteiger partial charge in [-0.05, 0) is 56.5 Å². The molecule has 4 unspecified atom stereocenters. The van der Waals surface area contributed by atoms with E-state index in [-0.39, 0.29) is 23.3 Å². The summed E-state index contributed by atoms with van der Waals surface area (Å²) in [5.41, 5.74) is 3.47. The second kappa shape index (κ2) is 7.18. The maximum Gasteiger partial charge on any atom is 0.255 e. The van der Waals surface area contributed by atoms with Crippen molar-refractivity contribution in [1.82, 2.24) is 4.90 Å². The molecular formula is C23H26N2O7. The minimum Gasteiger partial charge on any atom is -0.508 e. The van der Waals surface area contributed by atoms with Crippen molar-refractivity contribution in [3.63, 3.8) is 0 Å². The molecule has 1 aromatic rings. The number of carbonyl (C=O) groups is 3. The predicted octanol–water partition coefficient (Wildman–Crippen LogP) is 0.526. The van der Waals surface area contributed by atoms with Crippen molar-refractivity contribution in [3.8, 4) is 5.75 Å². The van der Waals surface area contributed by atoms with Gasteiger partial charge in [0.1, 0.15) is 22.8 Å². The van der Waals surface area contributed by atoms with Crippen molar-refractivity contribution in [2.45, 2.75) is 37.8 Å². The van der Waals surface area contributed by atoms with Crippen LogP contribution in [0.3, 0.4) is 0 Å². The van der Waals surface area contributed by atoms with Crippen molar-refractivity contribution in [3.05, 3.63) is 45.7 Å². The number of nitrogens with zero attached hydrogens (tertiary/aromatic N) is 1. The fourth-order valence-corrected chi connectivity index (χ4v) is 5.64. The van der Waals surface area contributed by atoms with Crippen LogP contribution in [0.2, 0.25) is 0 Å². The number of aliphatic hydroxyl groups excluding tert-OH is 2. The number of aliphatic hydroxyl groups is 3. The number of benzene rings is 1. The standard InChI is InChI=1S/C23H26N2O7/c1-4-9-5-6-13(26)15-11(9)7-10-8-12-17(25(2)3)19(28)16(22(24)31)21(30)23(12,32)20(29)14(10)18(15)27/h5-6,10,12,17,26-27,30,32H,4,7-8H2,1-3H3,(H2,24,31). The lowest BCUT2D eigenvalue weighted by molar-refractivity contribution is -0.153. The van der Waals surface area contributed by atoms with Gasteiger partial charge in [-0.15, -0.1) is 0 Å². The number of ketones is 2. The third-order valence-electron chi connectivity index (χ3n) is 7.08. The molecule has 0 aliphatic heterocycles. The Bertz CT molecular complexity index is 1130. The highest BCUT2D eigenvalue weighted by atomic mass is 16.3. The van der Waals surface area contributed by atoms with Gasteiger partial charge in [-0.25, -0.2) is 0 Å². The normalized spacial score (nSPS) is 29.7. The molecule has 9 heteroatoms. The number of hydrogen-bond acceptors (Lipinski definition) is 8. The molecule has 1 fully saturated rings. The maximum absolute atomic E-state index is 13.6. The largest absolute Gasteiger partial charge is 0.508 e. The highest BCUT2D eigenvalue weighted by Gasteiger charge is 2.64. The van der Waals surface area contributed by atoms with Crippen molar-refractivity contribution in [2.24, 2.45) is 17.6 Å². The second-order valence-corrected chi connectivity index (χ2v) is 8.91. The Morgan fingerprint density at radius 3 is 2.44 bits per heavy atom. The molecule has 3 aliphatic carbocycles. The van der Waals surface area contributed by atoms with E-state index in [1.807, 2.05) is 6.92 Å². The van der Waals surface area contributed by atoms with Gasteiger partial charge in [0.15, 0.2) is 11.4 Å². The molecule has 170 valence electrons. The zero-order valence-electron chi connectivity index (χ0n) is 18.0. The molecular weight excluding hydrogens is 416 g/mol. The van der Waals surface area contributed by atoms with Crippen LogP contribution in [0.4, 0.5) is 0 Å². The number of aryl methyl sites for hydroxylation is 1. The summed E-state index contributed by atoms with van der Waals surface area (Å²) in [5, 5.41) is 43.7. The van der Waals surface area contributed by atoms with Crippen molar-refractivity contribution >= 4 is 23.2 Å². The number of aromatic hydroxyl groups is 1. The molecule has 0 bridgehead atoms. The monoisotopic (exact) mass is 442 g/mol. The van der Waals surface area contributed by atoms with Gasteiger partial charge >= 0.3 is 0 Å². The summed E-state index contributed by atoms with van der Waals surface area (Å²) in [5.74, 6) is -6.38. The number of carbonyl (C=O) groups excluding carboxylic acids is 3. The van der Waals surface area contributed by atoms with E-state index >= 15 is 0 Å². The van der Waals surface area contributed by atoms with Crippen LogP contribution >= 0.6 is 0 Å². The minimum absolute atomic E-state index is 0.0879. The third-order valence-corrected chi connectivity index (χ3v) is 7.08. The summed E-state index contributed by atoms with van der Waals surface area (Å²) >= 11 is 0. The van der Waals surface area contributed by atoms with Gasteiger partial charge in [0, 0.05) is 11.5 Å². The Morgan fingerprint density at radius 2 is 1.88 bits per heavy atom. The van der Waals surface area contributed by atoms with Crippen LogP contribution in [0.25, 0.3) is 5.76 Å². The highest BCUT2D eigenvalue weighted by Crippen LogP contribution is 2.52. The van der Waals surface area contributed by atoms with Crippen LogP contribution in [-0.2, 0) is 27.2 Å². The molecule has 1 aromatic carbocycles. The molecule has 1 amide bonds. The lowest BCUT2D eigenvalue weighted by Crippen LogP contribution is -2.65. The number of hydrogen-bond donors (Lipinski definition) is 5. The molecule has 32 heavy (non-hydrogen) atoms. The SMILES string of the molecule is CCc1ccc(O)c2c1CC1CC3C(N(C)C)C(=O)C(C(N)=O)=C(O)C3(O)C(=O)C1=C2O. The Labute approximate surface area is 184 Å². The maximum atomic E-state index is 13.6. The van der Waals surface area contributed by atoms with Gasteiger partial charge in [0.2, 0.25) is 5.78 Å². The number of nitrogens with two attached hydrogens (primary N) is 1. The molecule has 0 radical (unpaired) electrons. The van der Waals surface area contributed by atoms with Crippen molar-refractivity contribution in [2.75, 3.05) is 14.1 Å². The molecule has 0 heterocycles. The van der Waals surface area contributed by atoms with Crippen LogP contribution in [0, 0.1) is 11.8 Å². The van der Waals surface area contributed by atoms with E-state index in [1.165, 1.54) is 11.0 Å². The van der Waals surface area contributed by atoms with E-state index in [4.69, 9.17) is 5.73 Å². The third kappa shape index (κ3) is 2.67. The first-order valence-electron chi connectivity index (χ1n) is 10.4. The van der Waals surface area contributed by atoms with E-state index in [1.54, 1.807) is 20.2 Å². The summed E-state index contributed by atoms with van der Waals surface area (Å²) in [6.45, 7) is 1.93. The topological polar surface area (TPSA) is 161 Å². The van der Waals surface area contributed by atoms with E-state index in [0.717, 1.165) is 5.56 Å². The van der Waals surface area contributed by atoms with Gasteiger partial charge in [-0.3, -0.25) is 19.3 Å². The summed E-state index contributed by atoms with van der Waals surface area (Å²) < 4.78 is 0. The van der Waals surface area contributed by atoms with Gasteiger partial charge in [-0.2, -0.15) is 0 Å². The Balaban J connectivity index is 1.99. The second-order valence-electron chi connectivity index (χ2n) is 8.91.